The minimum atomic E-state index is -1.13. The van der Waals surface area contributed by atoms with Crippen LogP contribution in [0, 0.1) is 12.3 Å². The van der Waals surface area contributed by atoms with Crippen LogP contribution in [0.1, 0.15) is 37.0 Å². The predicted octanol–water partition coefficient (Wildman–Crippen LogP) is 2.30. The Morgan fingerprint density at radius 2 is 1.98 bits per heavy atom. The van der Waals surface area contributed by atoms with Crippen molar-refractivity contribution in [2.24, 2.45) is 10.6 Å². The van der Waals surface area contributed by atoms with Crippen molar-refractivity contribution in [1.82, 2.24) is 20.2 Å². The van der Waals surface area contributed by atoms with E-state index >= 15 is 0 Å². The minimum absolute atomic E-state index is 0.150. The van der Waals surface area contributed by atoms with Gasteiger partial charge < -0.3 is 30.3 Å². The highest BCUT2D eigenvalue weighted by Crippen LogP contribution is 2.41. The number of hydrogen-bond acceptors (Lipinski definition) is 14. The van der Waals surface area contributed by atoms with E-state index in [0.29, 0.717) is 5.57 Å². The highest BCUT2D eigenvalue weighted by molar-refractivity contribution is 8.03. The Balaban J connectivity index is 1.53. The molecular weight excluding hydrogens is 593 g/mol. The number of nitrogens with one attached hydrogen (secondary N) is 1. The molecule has 3 N–H and O–H groups in total. The zero-order valence-electron chi connectivity index (χ0n) is 22.8. The average Bonchev–Trinajstić information content (AvgIpc) is 3.54. The molecule has 0 aromatic carbocycles. The summed E-state index contributed by atoms with van der Waals surface area (Å²) in [5.41, 5.74) is 7.96. The second-order valence-corrected chi connectivity index (χ2v) is 12.6. The van der Waals surface area contributed by atoms with E-state index in [4.69, 9.17) is 20.0 Å². The molecule has 2 aliphatic rings. The van der Waals surface area contributed by atoms with Crippen molar-refractivity contribution in [1.29, 1.82) is 0 Å². The normalized spacial score (nSPS) is 20.7. The summed E-state index contributed by atoms with van der Waals surface area (Å²) >= 11 is 3.81. The zero-order chi connectivity index (χ0) is 29.9. The molecule has 1 fully saturated rings. The number of fused-ring (bicyclic) bond motifs is 1. The van der Waals surface area contributed by atoms with Gasteiger partial charge in [0.15, 0.2) is 16.9 Å². The van der Waals surface area contributed by atoms with Crippen LogP contribution < -0.4 is 11.1 Å². The third-order valence-electron chi connectivity index (χ3n) is 5.90. The smallest absolute Gasteiger partial charge is 0.336 e. The number of oxime groups is 1. The number of ether oxygens (including phenoxy) is 2. The molecule has 0 spiro atoms. The standard InChI is InChI=1S/C25H28N6O7S3/c1-12-15(41-10-27-12)7-6-13-8-39-21-17(29-19(32)16(30-36-5)14-9-40-24(26)28-14)20(33)31(21)18(13)22(34)37-11-38-23(35)25(2,3)4/h6-10,17-18,21H,11H2,1-5H3,(H2,26,28)(H,29,32). The van der Waals surface area contributed by atoms with Crippen LogP contribution in [0.2, 0.25) is 0 Å². The topological polar surface area (TPSA) is 175 Å². The molecule has 3 unspecified atom stereocenters. The van der Waals surface area contributed by atoms with E-state index in [-0.39, 0.29) is 16.5 Å². The Hall–Kier alpha value is -3.76. The zero-order valence-corrected chi connectivity index (χ0v) is 25.2. The van der Waals surface area contributed by atoms with Crippen LogP contribution in [-0.2, 0) is 33.5 Å². The number of rotatable bonds is 9. The minimum Gasteiger partial charge on any atom is -0.427 e. The van der Waals surface area contributed by atoms with Gasteiger partial charge in [0.1, 0.15) is 24.2 Å². The molecule has 4 heterocycles. The number of carbonyl (C=O) groups is 4. The predicted molar refractivity (Wildman–Crippen MR) is 154 cm³/mol. The van der Waals surface area contributed by atoms with Crippen molar-refractivity contribution in [3.05, 3.63) is 44.2 Å². The van der Waals surface area contributed by atoms with Gasteiger partial charge in [-0.05, 0) is 44.8 Å². The molecule has 3 atom stereocenters. The first-order valence-corrected chi connectivity index (χ1v) is 14.9. The van der Waals surface area contributed by atoms with E-state index in [1.807, 2.05) is 6.92 Å². The first kappa shape index (κ1) is 30.2. The van der Waals surface area contributed by atoms with Gasteiger partial charge in [0.05, 0.1) is 16.6 Å². The lowest BCUT2D eigenvalue weighted by Gasteiger charge is -2.51. The van der Waals surface area contributed by atoms with E-state index < -0.39 is 53.4 Å². The Labute approximate surface area is 247 Å². The number of esters is 2. The summed E-state index contributed by atoms with van der Waals surface area (Å²) < 4.78 is 10.4. The number of β-lactam (4-membered cyclic amide) rings is 1. The van der Waals surface area contributed by atoms with Gasteiger partial charge in [-0.3, -0.25) is 14.4 Å². The first-order chi connectivity index (χ1) is 19.4. The molecule has 4 rings (SSSR count). The average molecular weight is 621 g/mol. The molecule has 0 bridgehead atoms. The maximum atomic E-state index is 13.4. The second-order valence-electron chi connectivity index (χ2n) is 9.84. The molecule has 218 valence electrons. The summed E-state index contributed by atoms with van der Waals surface area (Å²) in [5, 5.41) is 9.30. The van der Waals surface area contributed by atoms with Gasteiger partial charge in [0.2, 0.25) is 12.7 Å². The monoisotopic (exact) mass is 620 g/mol. The fraction of sp³-hybridized carbons (Fsp3) is 0.400. The second kappa shape index (κ2) is 12.4. The quantitative estimate of drug-likeness (QED) is 0.138. The van der Waals surface area contributed by atoms with Gasteiger partial charge in [0.25, 0.3) is 5.91 Å². The maximum absolute atomic E-state index is 13.4. The third-order valence-corrected chi connectivity index (χ3v) is 8.66. The lowest BCUT2D eigenvalue weighted by atomic mass is 9.97. The number of carbonyl (C=O) groups excluding carboxylic acids is 4. The Kier molecular flexibility index (Phi) is 9.14. The number of nitrogens with zero attached hydrogens (tertiary/aromatic N) is 4. The van der Waals surface area contributed by atoms with Gasteiger partial charge in [-0.2, -0.15) is 0 Å². The third kappa shape index (κ3) is 6.60. The summed E-state index contributed by atoms with van der Waals surface area (Å²) in [6.07, 6.45) is 3.52. The molecule has 2 aromatic heterocycles. The highest BCUT2D eigenvalue weighted by Gasteiger charge is 2.56. The van der Waals surface area contributed by atoms with Crippen LogP contribution in [0.15, 0.2) is 33.1 Å². The molecule has 0 saturated carbocycles. The Morgan fingerprint density at radius 3 is 2.59 bits per heavy atom. The number of aryl methyl sites for hydroxylation is 1. The molecule has 2 aliphatic heterocycles. The number of nitrogen functional groups attached to an aromatic ring is 1. The lowest BCUT2D eigenvalue weighted by molar-refractivity contribution is -0.179. The van der Waals surface area contributed by atoms with Crippen molar-refractivity contribution in [3.63, 3.8) is 0 Å². The van der Waals surface area contributed by atoms with Crippen LogP contribution in [-0.4, -0.2) is 75.7 Å². The van der Waals surface area contributed by atoms with Crippen LogP contribution in [0.5, 0.6) is 0 Å². The van der Waals surface area contributed by atoms with Crippen molar-refractivity contribution >= 4 is 75.1 Å². The Bertz CT molecular complexity index is 1440. The fourth-order valence-corrected chi connectivity index (χ4v) is 6.22. The van der Waals surface area contributed by atoms with Gasteiger partial charge >= 0.3 is 11.9 Å². The molecule has 13 nitrogen and oxygen atoms in total. The molecule has 1 saturated heterocycles. The summed E-state index contributed by atoms with van der Waals surface area (Å²) in [4.78, 5) is 67.1. The summed E-state index contributed by atoms with van der Waals surface area (Å²) in [6.45, 7) is 6.27. The van der Waals surface area contributed by atoms with Gasteiger partial charge in [-0.25, -0.2) is 14.8 Å². The molecule has 2 aromatic rings. The number of thiazole rings is 2. The van der Waals surface area contributed by atoms with Gasteiger partial charge in [-0.15, -0.1) is 34.4 Å². The molecule has 0 aliphatic carbocycles. The SMILES string of the molecule is CON=C(C(=O)NC1C(=O)N2C(C(=O)OCOC(=O)C(C)(C)C)C(C=Cc3scnc3C)=CSC12)c1csc(N)n1. The van der Waals surface area contributed by atoms with E-state index in [2.05, 4.69) is 20.4 Å². The lowest BCUT2D eigenvalue weighted by Crippen LogP contribution is -2.74. The van der Waals surface area contributed by atoms with Crippen LogP contribution in [0.25, 0.3) is 6.08 Å². The summed E-state index contributed by atoms with van der Waals surface area (Å²) in [7, 11) is 1.28. The molecule has 41 heavy (non-hydrogen) atoms. The number of amides is 2. The van der Waals surface area contributed by atoms with E-state index in [1.165, 1.54) is 35.1 Å². The summed E-state index contributed by atoms with van der Waals surface area (Å²) in [5.74, 6) is -2.53. The van der Waals surface area contributed by atoms with Crippen molar-refractivity contribution in [3.8, 4) is 0 Å². The summed E-state index contributed by atoms with van der Waals surface area (Å²) in [6, 6.07) is -2.10. The van der Waals surface area contributed by atoms with Crippen LogP contribution in [0.3, 0.4) is 0 Å². The largest absolute Gasteiger partial charge is 0.427 e. The van der Waals surface area contributed by atoms with Crippen molar-refractivity contribution in [2.75, 3.05) is 19.6 Å². The van der Waals surface area contributed by atoms with E-state index in [1.54, 1.807) is 49.2 Å². The maximum Gasteiger partial charge on any atom is 0.336 e. The highest BCUT2D eigenvalue weighted by atomic mass is 32.2. The van der Waals surface area contributed by atoms with E-state index in [0.717, 1.165) is 21.9 Å². The number of hydrogen-bond donors (Lipinski definition) is 2. The number of thioether (sulfide) groups is 1. The van der Waals surface area contributed by atoms with Crippen molar-refractivity contribution in [2.45, 2.75) is 45.2 Å². The number of aromatic nitrogens is 2. The molecule has 2 amide bonds. The van der Waals surface area contributed by atoms with Crippen LogP contribution in [0.4, 0.5) is 5.13 Å². The number of nitrogens with two attached hydrogens (primary N) is 1. The Morgan fingerprint density at radius 1 is 1.22 bits per heavy atom. The van der Waals surface area contributed by atoms with Gasteiger partial charge in [-0.1, -0.05) is 11.2 Å². The fourth-order valence-electron chi connectivity index (χ4n) is 3.77. The van der Waals surface area contributed by atoms with Crippen LogP contribution >= 0.6 is 34.4 Å². The first-order valence-electron chi connectivity index (χ1n) is 12.2. The van der Waals surface area contributed by atoms with Crippen molar-refractivity contribution < 1.29 is 33.5 Å². The van der Waals surface area contributed by atoms with Gasteiger partial charge in [0, 0.05) is 10.3 Å². The molecular formula is C25H28N6O7S3. The molecule has 16 heteroatoms. The van der Waals surface area contributed by atoms with E-state index in [9.17, 15) is 19.2 Å². The molecule has 0 radical (unpaired) electrons. The number of anilines is 1.